The molecular formula is C21H16N2O8. The van der Waals surface area contributed by atoms with E-state index in [0.29, 0.717) is 40.9 Å². The summed E-state index contributed by atoms with van der Waals surface area (Å²) < 4.78 is 26.9. The number of barbiturate groups is 1. The lowest BCUT2D eigenvalue weighted by Gasteiger charge is -2.26. The average Bonchev–Trinajstić information content (AvgIpc) is 3.39. The van der Waals surface area contributed by atoms with E-state index in [-0.39, 0.29) is 24.8 Å². The van der Waals surface area contributed by atoms with Crippen LogP contribution in [0.25, 0.3) is 6.08 Å². The molecule has 3 aliphatic heterocycles. The van der Waals surface area contributed by atoms with Crippen LogP contribution in [0.15, 0.2) is 35.9 Å². The second kappa shape index (κ2) is 7.24. The van der Waals surface area contributed by atoms with E-state index in [4.69, 9.17) is 23.7 Å². The maximum atomic E-state index is 13.2. The van der Waals surface area contributed by atoms with E-state index in [1.807, 2.05) is 0 Å². The van der Waals surface area contributed by atoms with Gasteiger partial charge in [-0.15, -0.1) is 0 Å². The van der Waals surface area contributed by atoms with Crippen LogP contribution in [0, 0.1) is 0 Å². The lowest BCUT2D eigenvalue weighted by atomic mass is 10.1. The number of hydrogen-bond acceptors (Lipinski definition) is 8. The Morgan fingerprint density at radius 2 is 1.65 bits per heavy atom. The maximum absolute atomic E-state index is 13.2. The number of nitrogens with one attached hydrogen (secondary N) is 1. The summed E-state index contributed by atoms with van der Waals surface area (Å²) in [6, 6.07) is 7.00. The number of nitrogens with zero attached hydrogens (tertiary/aromatic N) is 1. The standard InChI is InChI=1S/C21H16N2O8/c1-2-27-15-8-18-16(29-10-31-18)6-11(15)5-13-19(24)22-21(26)23(20(13)25)12-3-4-14-17(7-12)30-9-28-14/h3-8H,2,9-10H2,1H3,(H,22,24,26)/b13-5+. The van der Waals surface area contributed by atoms with Gasteiger partial charge >= 0.3 is 6.03 Å². The van der Waals surface area contributed by atoms with Crippen molar-refractivity contribution in [3.05, 3.63) is 41.5 Å². The van der Waals surface area contributed by atoms with Gasteiger partial charge in [-0.2, -0.15) is 0 Å². The number of rotatable bonds is 4. The molecule has 2 aromatic rings. The molecule has 0 aromatic heterocycles. The number of imide groups is 2. The van der Waals surface area contributed by atoms with Gasteiger partial charge in [-0.05, 0) is 31.2 Å². The summed E-state index contributed by atoms with van der Waals surface area (Å²) in [4.78, 5) is 39.0. The van der Waals surface area contributed by atoms with Crippen molar-refractivity contribution in [2.75, 3.05) is 25.1 Å². The number of amides is 4. The van der Waals surface area contributed by atoms with Gasteiger partial charge in [0.05, 0.1) is 12.3 Å². The average molecular weight is 424 g/mol. The van der Waals surface area contributed by atoms with E-state index in [9.17, 15) is 14.4 Å². The molecule has 1 saturated heterocycles. The third-order valence-electron chi connectivity index (χ3n) is 4.82. The molecule has 158 valence electrons. The molecule has 3 heterocycles. The normalized spacial score (nSPS) is 17.9. The van der Waals surface area contributed by atoms with Crippen LogP contribution in [-0.4, -0.2) is 38.0 Å². The minimum atomic E-state index is -0.860. The van der Waals surface area contributed by atoms with Gasteiger partial charge in [-0.25, -0.2) is 9.69 Å². The van der Waals surface area contributed by atoms with Crippen LogP contribution in [-0.2, 0) is 9.59 Å². The summed E-state index contributed by atoms with van der Waals surface area (Å²) >= 11 is 0. The number of hydrogen-bond donors (Lipinski definition) is 1. The Kier molecular flexibility index (Phi) is 4.39. The predicted molar refractivity (Wildman–Crippen MR) is 105 cm³/mol. The fourth-order valence-corrected chi connectivity index (χ4v) is 3.40. The van der Waals surface area contributed by atoms with Crippen molar-refractivity contribution in [2.45, 2.75) is 6.92 Å². The first-order valence-electron chi connectivity index (χ1n) is 9.42. The van der Waals surface area contributed by atoms with Gasteiger partial charge in [0.25, 0.3) is 11.8 Å². The number of carbonyl (C=O) groups excluding carboxylic acids is 3. The molecule has 3 aliphatic rings. The van der Waals surface area contributed by atoms with Gasteiger partial charge < -0.3 is 23.7 Å². The van der Waals surface area contributed by atoms with Gasteiger partial charge in [0.15, 0.2) is 23.0 Å². The van der Waals surface area contributed by atoms with Crippen molar-refractivity contribution in [2.24, 2.45) is 0 Å². The summed E-state index contributed by atoms with van der Waals surface area (Å²) in [6.07, 6.45) is 1.36. The molecule has 31 heavy (non-hydrogen) atoms. The van der Waals surface area contributed by atoms with Gasteiger partial charge in [-0.1, -0.05) is 0 Å². The number of fused-ring (bicyclic) bond motifs is 2. The maximum Gasteiger partial charge on any atom is 0.335 e. The highest BCUT2D eigenvalue weighted by atomic mass is 16.7. The Morgan fingerprint density at radius 1 is 0.968 bits per heavy atom. The molecule has 4 amide bonds. The van der Waals surface area contributed by atoms with Crippen molar-refractivity contribution >= 4 is 29.6 Å². The van der Waals surface area contributed by atoms with Crippen LogP contribution >= 0.6 is 0 Å². The predicted octanol–water partition coefficient (Wildman–Crippen LogP) is 2.21. The molecule has 0 atom stereocenters. The Hall–Kier alpha value is -4.21. The summed E-state index contributed by atoms with van der Waals surface area (Å²) in [6.45, 7) is 2.28. The fraction of sp³-hybridized carbons (Fsp3) is 0.190. The van der Waals surface area contributed by atoms with E-state index in [1.165, 1.54) is 18.2 Å². The Labute approximate surface area is 175 Å². The second-order valence-corrected chi connectivity index (χ2v) is 6.67. The third-order valence-corrected chi connectivity index (χ3v) is 4.82. The minimum absolute atomic E-state index is 0.0485. The molecule has 0 spiro atoms. The lowest BCUT2D eigenvalue weighted by Crippen LogP contribution is -2.54. The summed E-state index contributed by atoms with van der Waals surface area (Å²) in [7, 11) is 0. The van der Waals surface area contributed by atoms with Crippen LogP contribution < -0.4 is 33.9 Å². The van der Waals surface area contributed by atoms with Crippen LogP contribution in [0.4, 0.5) is 10.5 Å². The highest BCUT2D eigenvalue weighted by molar-refractivity contribution is 6.39. The number of ether oxygens (including phenoxy) is 5. The molecule has 0 saturated carbocycles. The molecule has 0 radical (unpaired) electrons. The summed E-state index contributed by atoms with van der Waals surface area (Å²) in [5.41, 5.74) is 0.433. The van der Waals surface area contributed by atoms with E-state index in [2.05, 4.69) is 5.32 Å². The molecular weight excluding hydrogens is 408 g/mol. The van der Waals surface area contributed by atoms with Crippen LogP contribution in [0.1, 0.15) is 12.5 Å². The molecule has 0 bridgehead atoms. The SMILES string of the molecule is CCOc1cc2c(cc1/C=C1\C(=O)NC(=O)N(c3ccc4c(c3)OCO4)C1=O)OCO2. The first kappa shape index (κ1) is 18.8. The zero-order valence-corrected chi connectivity index (χ0v) is 16.3. The van der Waals surface area contributed by atoms with E-state index < -0.39 is 17.8 Å². The molecule has 1 fully saturated rings. The zero-order chi connectivity index (χ0) is 21.5. The van der Waals surface area contributed by atoms with Crippen molar-refractivity contribution in [1.82, 2.24) is 5.32 Å². The Morgan fingerprint density at radius 3 is 2.39 bits per heavy atom. The van der Waals surface area contributed by atoms with Gasteiger partial charge in [-0.3, -0.25) is 14.9 Å². The van der Waals surface area contributed by atoms with Crippen molar-refractivity contribution in [3.8, 4) is 28.7 Å². The number of urea groups is 1. The molecule has 10 nitrogen and oxygen atoms in total. The molecule has 10 heteroatoms. The Balaban J connectivity index is 1.55. The smallest absolute Gasteiger partial charge is 0.335 e. The van der Waals surface area contributed by atoms with E-state index in [0.717, 1.165) is 4.90 Å². The highest BCUT2D eigenvalue weighted by Crippen LogP contribution is 2.40. The quantitative estimate of drug-likeness (QED) is 0.587. The largest absolute Gasteiger partial charge is 0.493 e. The molecule has 0 aliphatic carbocycles. The van der Waals surface area contributed by atoms with Crippen LogP contribution in [0.3, 0.4) is 0 Å². The summed E-state index contributed by atoms with van der Waals surface area (Å²) in [5.74, 6) is 0.674. The lowest BCUT2D eigenvalue weighted by molar-refractivity contribution is -0.122. The minimum Gasteiger partial charge on any atom is -0.493 e. The first-order valence-corrected chi connectivity index (χ1v) is 9.42. The van der Waals surface area contributed by atoms with Crippen molar-refractivity contribution in [1.29, 1.82) is 0 Å². The van der Waals surface area contributed by atoms with Gasteiger partial charge in [0.1, 0.15) is 11.3 Å². The van der Waals surface area contributed by atoms with Crippen LogP contribution in [0.5, 0.6) is 28.7 Å². The van der Waals surface area contributed by atoms with Gasteiger partial charge in [0.2, 0.25) is 13.6 Å². The summed E-state index contributed by atoms with van der Waals surface area (Å²) in [5, 5.41) is 2.19. The number of benzene rings is 2. The zero-order valence-electron chi connectivity index (χ0n) is 16.3. The fourth-order valence-electron chi connectivity index (χ4n) is 3.40. The molecule has 5 rings (SSSR count). The second-order valence-electron chi connectivity index (χ2n) is 6.67. The molecule has 1 N–H and O–H groups in total. The monoisotopic (exact) mass is 424 g/mol. The molecule has 0 unspecified atom stereocenters. The van der Waals surface area contributed by atoms with E-state index in [1.54, 1.807) is 25.1 Å². The molecule has 2 aromatic carbocycles. The number of carbonyl (C=O) groups is 3. The first-order chi connectivity index (χ1) is 15.0. The van der Waals surface area contributed by atoms with Crippen LogP contribution in [0.2, 0.25) is 0 Å². The van der Waals surface area contributed by atoms with Crippen molar-refractivity contribution in [3.63, 3.8) is 0 Å². The third kappa shape index (κ3) is 3.18. The van der Waals surface area contributed by atoms with Crippen molar-refractivity contribution < 1.29 is 38.1 Å². The van der Waals surface area contributed by atoms with Gasteiger partial charge in [0, 0.05) is 17.7 Å². The Bertz CT molecular complexity index is 1160. The topological polar surface area (TPSA) is 113 Å². The van der Waals surface area contributed by atoms with E-state index >= 15 is 0 Å². The highest BCUT2D eigenvalue weighted by Gasteiger charge is 2.37. The number of anilines is 1.